The molecule has 10 nitrogen and oxygen atoms in total. The lowest BCUT2D eigenvalue weighted by atomic mass is 9.98. The maximum absolute atomic E-state index is 12.6. The molecule has 0 unspecified atom stereocenters. The van der Waals surface area contributed by atoms with E-state index in [1.54, 1.807) is 20.8 Å². The summed E-state index contributed by atoms with van der Waals surface area (Å²) in [5, 5.41) is 14.5. The molecule has 1 aliphatic carbocycles. The second-order valence-corrected chi connectivity index (χ2v) is 9.75. The molecule has 3 N–H and O–H groups in total. The van der Waals surface area contributed by atoms with Gasteiger partial charge in [0, 0.05) is 25.9 Å². The molecule has 2 aromatic carbocycles. The van der Waals surface area contributed by atoms with Crippen molar-refractivity contribution in [2.24, 2.45) is 0 Å². The minimum atomic E-state index is -1.40. The maximum atomic E-state index is 12.6. The summed E-state index contributed by atoms with van der Waals surface area (Å²) in [5.41, 5.74) is 3.55. The number of aliphatic carboxylic acids is 1. The summed E-state index contributed by atoms with van der Waals surface area (Å²) in [6, 6.07) is 14.3. The van der Waals surface area contributed by atoms with Crippen LogP contribution in [0, 0.1) is 0 Å². The molecule has 37 heavy (non-hydrogen) atoms. The van der Waals surface area contributed by atoms with Crippen LogP contribution in [0.15, 0.2) is 48.5 Å². The number of carbonyl (C=O) groups is 4. The summed E-state index contributed by atoms with van der Waals surface area (Å²) >= 11 is 0. The van der Waals surface area contributed by atoms with Gasteiger partial charge in [-0.25, -0.2) is 14.4 Å². The number of carboxylic acid groups (broad SMARTS) is 1. The Kier molecular flexibility index (Phi) is 8.75. The highest BCUT2D eigenvalue weighted by molar-refractivity contribution is 5.82. The predicted octanol–water partition coefficient (Wildman–Crippen LogP) is 3.35. The highest BCUT2D eigenvalue weighted by Crippen LogP contribution is 2.44. The van der Waals surface area contributed by atoms with E-state index in [1.807, 2.05) is 48.5 Å². The number of carbonyl (C=O) groups excluding carboxylic acids is 3. The van der Waals surface area contributed by atoms with Gasteiger partial charge in [0.25, 0.3) is 0 Å². The number of ether oxygens (including phenoxy) is 2. The van der Waals surface area contributed by atoms with Crippen LogP contribution in [0.25, 0.3) is 11.1 Å². The molecule has 0 bridgehead atoms. The lowest BCUT2D eigenvalue weighted by Crippen LogP contribution is -2.51. The Morgan fingerprint density at radius 3 is 2.05 bits per heavy atom. The summed E-state index contributed by atoms with van der Waals surface area (Å²) in [6.07, 6.45) is -1.55. The molecular formula is C27H33N3O7. The van der Waals surface area contributed by atoms with Crippen molar-refractivity contribution in [1.82, 2.24) is 15.5 Å². The van der Waals surface area contributed by atoms with Gasteiger partial charge in [0.15, 0.2) is 0 Å². The van der Waals surface area contributed by atoms with Crippen LogP contribution in [0.3, 0.4) is 0 Å². The largest absolute Gasteiger partial charge is 0.480 e. The maximum Gasteiger partial charge on any atom is 0.407 e. The number of fused-ring (bicyclic) bond motifs is 3. The van der Waals surface area contributed by atoms with Crippen molar-refractivity contribution in [3.05, 3.63) is 59.7 Å². The molecule has 1 aliphatic rings. The second-order valence-electron chi connectivity index (χ2n) is 9.75. The summed E-state index contributed by atoms with van der Waals surface area (Å²) < 4.78 is 10.6. The third-order valence-electron chi connectivity index (χ3n) is 5.83. The fraction of sp³-hybridized carbons (Fsp3) is 0.407. The van der Waals surface area contributed by atoms with E-state index in [0.717, 1.165) is 22.3 Å². The number of nitrogens with zero attached hydrogens (tertiary/aromatic N) is 1. The van der Waals surface area contributed by atoms with Crippen LogP contribution in [-0.2, 0) is 19.1 Å². The van der Waals surface area contributed by atoms with Crippen molar-refractivity contribution in [3.63, 3.8) is 0 Å². The zero-order chi connectivity index (χ0) is 27.2. The van der Waals surface area contributed by atoms with Gasteiger partial charge in [0.1, 0.15) is 18.2 Å². The average Bonchev–Trinajstić information content (AvgIpc) is 3.14. The van der Waals surface area contributed by atoms with E-state index < -0.39 is 35.7 Å². The zero-order valence-corrected chi connectivity index (χ0v) is 21.4. The van der Waals surface area contributed by atoms with Gasteiger partial charge in [-0.05, 0) is 43.0 Å². The van der Waals surface area contributed by atoms with E-state index in [4.69, 9.17) is 9.47 Å². The molecule has 0 fully saturated rings. The van der Waals surface area contributed by atoms with Crippen LogP contribution in [0.5, 0.6) is 0 Å². The SMILES string of the molecule is CC(=O)N(CCNC(=O)OC(C)(C)C)C[C@H](NC(=O)OCC1c2ccccc2-c2ccccc21)C(=O)O. The Bertz CT molecular complexity index is 1110. The molecule has 0 saturated heterocycles. The number of rotatable bonds is 9. The van der Waals surface area contributed by atoms with Gasteiger partial charge in [0.2, 0.25) is 5.91 Å². The fourth-order valence-electron chi connectivity index (χ4n) is 4.17. The molecule has 198 valence electrons. The van der Waals surface area contributed by atoms with Crippen molar-refractivity contribution in [3.8, 4) is 11.1 Å². The van der Waals surface area contributed by atoms with Crippen LogP contribution in [0.4, 0.5) is 9.59 Å². The molecule has 0 radical (unpaired) electrons. The monoisotopic (exact) mass is 511 g/mol. The lowest BCUT2D eigenvalue weighted by molar-refractivity contribution is -0.140. The number of alkyl carbamates (subject to hydrolysis) is 2. The standard InChI is InChI=1S/C27H33N3O7/c1-17(31)30(14-13-28-25(34)37-27(2,3)4)15-23(24(32)33)29-26(35)36-16-22-20-11-7-5-9-18(20)19-10-6-8-12-21(19)22/h5-12,22-23H,13-16H2,1-4H3,(H,28,34)(H,29,35)(H,32,33)/t23-/m0/s1. The first kappa shape index (κ1) is 27.5. The van der Waals surface area contributed by atoms with Gasteiger partial charge in [-0.3, -0.25) is 4.79 Å². The van der Waals surface area contributed by atoms with Gasteiger partial charge in [-0.15, -0.1) is 0 Å². The molecule has 0 spiro atoms. The van der Waals surface area contributed by atoms with Crippen molar-refractivity contribution >= 4 is 24.1 Å². The molecule has 10 heteroatoms. The molecule has 3 amide bonds. The number of hydrogen-bond acceptors (Lipinski definition) is 6. The number of nitrogens with one attached hydrogen (secondary N) is 2. The van der Waals surface area contributed by atoms with Gasteiger partial charge >= 0.3 is 18.2 Å². The number of amides is 3. The smallest absolute Gasteiger partial charge is 0.407 e. The Labute approximate surface area is 215 Å². The quantitative estimate of drug-likeness (QED) is 0.470. The first-order valence-electron chi connectivity index (χ1n) is 12.0. The first-order valence-corrected chi connectivity index (χ1v) is 12.0. The zero-order valence-electron chi connectivity index (χ0n) is 21.4. The lowest BCUT2D eigenvalue weighted by Gasteiger charge is -2.26. The molecule has 2 aromatic rings. The highest BCUT2D eigenvalue weighted by Gasteiger charge is 2.30. The number of benzene rings is 2. The van der Waals surface area contributed by atoms with Gasteiger partial charge in [-0.2, -0.15) is 0 Å². The van der Waals surface area contributed by atoms with E-state index in [-0.39, 0.29) is 32.2 Å². The van der Waals surface area contributed by atoms with Crippen molar-refractivity contribution in [2.75, 3.05) is 26.2 Å². The average molecular weight is 512 g/mol. The van der Waals surface area contributed by atoms with Crippen LogP contribution < -0.4 is 10.6 Å². The summed E-state index contributed by atoms with van der Waals surface area (Å²) in [7, 11) is 0. The topological polar surface area (TPSA) is 134 Å². The van der Waals surface area contributed by atoms with E-state index in [2.05, 4.69) is 10.6 Å². The van der Waals surface area contributed by atoms with Crippen LogP contribution in [0.1, 0.15) is 44.7 Å². The summed E-state index contributed by atoms with van der Waals surface area (Å²) in [6.45, 7) is 6.26. The molecule has 0 aliphatic heterocycles. The Morgan fingerprint density at radius 2 is 1.54 bits per heavy atom. The van der Waals surface area contributed by atoms with E-state index in [9.17, 15) is 24.3 Å². The third kappa shape index (κ3) is 7.45. The van der Waals surface area contributed by atoms with E-state index in [0.29, 0.717) is 0 Å². The molecule has 1 atom stereocenters. The Hall–Kier alpha value is -4.08. The van der Waals surface area contributed by atoms with E-state index in [1.165, 1.54) is 11.8 Å². The Balaban J connectivity index is 1.57. The minimum absolute atomic E-state index is 0.0302. The van der Waals surface area contributed by atoms with Crippen LogP contribution in [0.2, 0.25) is 0 Å². The van der Waals surface area contributed by atoms with Crippen molar-refractivity contribution in [2.45, 2.75) is 45.3 Å². The van der Waals surface area contributed by atoms with E-state index >= 15 is 0 Å². The number of carboxylic acids is 1. The van der Waals surface area contributed by atoms with Crippen molar-refractivity contribution in [1.29, 1.82) is 0 Å². The minimum Gasteiger partial charge on any atom is -0.480 e. The molecule has 3 rings (SSSR count). The summed E-state index contributed by atoms with van der Waals surface area (Å²) in [5.74, 6) is -1.90. The van der Waals surface area contributed by atoms with Crippen LogP contribution in [-0.4, -0.2) is 72.0 Å². The fourth-order valence-corrected chi connectivity index (χ4v) is 4.17. The molecule has 0 heterocycles. The Morgan fingerprint density at radius 1 is 0.973 bits per heavy atom. The third-order valence-corrected chi connectivity index (χ3v) is 5.83. The van der Waals surface area contributed by atoms with Gasteiger partial charge < -0.3 is 30.1 Å². The van der Waals surface area contributed by atoms with Gasteiger partial charge in [0.05, 0.1) is 6.54 Å². The summed E-state index contributed by atoms with van der Waals surface area (Å²) in [4.78, 5) is 49.5. The highest BCUT2D eigenvalue weighted by atomic mass is 16.6. The normalized spacial score (nSPS) is 13.1. The van der Waals surface area contributed by atoms with Crippen LogP contribution >= 0.6 is 0 Å². The van der Waals surface area contributed by atoms with Gasteiger partial charge in [-0.1, -0.05) is 48.5 Å². The molecular weight excluding hydrogens is 478 g/mol. The van der Waals surface area contributed by atoms with Crippen molar-refractivity contribution < 1.29 is 33.8 Å². The molecule has 0 saturated carbocycles. The predicted molar refractivity (Wildman–Crippen MR) is 136 cm³/mol. The second kappa shape index (κ2) is 11.8. The number of hydrogen-bond donors (Lipinski definition) is 3. The molecule has 0 aromatic heterocycles. The first-order chi connectivity index (χ1) is 17.5.